The molecule has 0 aliphatic carbocycles. The van der Waals surface area contributed by atoms with E-state index in [1.165, 1.54) is 24.3 Å². The minimum absolute atomic E-state index is 0.248. The van der Waals surface area contributed by atoms with Gasteiger partial charge in [0.2, 0.25) is 6.19 Å². The molecule has 0 spiro atoms. The monoisotopic (exact) mass is 620 g/mol. The predicted octanol–water partition coefficient (Wildman–Crippen LogP) is 8.45. The van der Waals surface area contributed by atoms with Crippen LogP contribution in [0.25, 0.3) is 70.8 Å². The summed E-state index contributed by atoms with van der Waals surface area (Å²) < 4.78 is 78.7. The topological polar surface area (TPSA) is 78.6 Å². The van der Waals surface area contributed by atoms with Gasteiger partial charge in [-0.2, -0.15) is 43.2 Å². The van der Waals surface area contributed by atoms with E-state index in [0.29, 0.717) is 60.3 Å². The molecule has 1 heterocycles. The fourth-order valence-electron chi connectivity index (χ4n) is 5.67. The van der Waals surface area contributed by atoms with Crippen molar-refractivity contribution in [1.82, 2.24) is 9.97 Å². The van der Waals surface area contributed by atoms with Crippen LogP contribution < -0.4 is 10.7 Å². The lowest BCUT2D eigenvalue weighted by molar-refractivity contribution is -0.138. The Bertz CT molecular complexity index is 2380. The molecule has 6 aromatic carbocycles. The Morgan fingerprint density at radius 1 is 0.565 bits per heavy atom. The van der Waals surface area contributed by atoms with Crippen LogP contribution in [0.1, 0.15) is 11.1 Å². The Balaban J connectivity index is 1.48. The smallest absolute Gasteiger partial charge is 0.241 e. The molecule has 0 N–H and O–H groups in total. The number of fused-ring (bicyclic) bond motifs is 6. The molecule has 6 nitrogen and oxygen atoms in total. The van der Waals surface area contributed by atoms with Gasteiger partial charge in [-0.15, -0.1) is 4.95 Å². The van der Waals surface area contributed by atoms with Crippen molar-refractivity contribution in [3.63, 3.8) is 0 Å². The van der Waals surface area contributed by atoms with Crippen molar-refractivity contribution in [2.24, 2.45) is 10.1 Å². The van der Waals surface area contributed by atoms with Gasteiger partial charge in [0.25, 0.3) is 0 Å². The summed E-state index contributed by atoms with van der Waals surface area (Å²) in [6.07, 6.45) is -7.16. The maximum absolute atomic E-state index is 13.1. The first-order valence-electron chi connectivity index (χ1n) is 13.5. The number of aromatic nitrogens is 2. The van der Waals surface area contributed by atoms with Gasteiger partial charge < -0.3 is 0 Å². The summed E-state index contributed by atoms with van der Waals surface area (Å²) >= 11 is 0. The highest BCUT2D eigenvalue weighted by Gasteiger charge is 2.31. The lowest BCUT2D eigenvalue weighted by Crippen LogP contribution is -2.04. The molecule has 12 heteroatoms. The third kappa shape index (κ3) is 4.59. The van der Waals surface area contributed by atoms with E-state index in [-0.39, 0.29) is 16.2 Å². The second kappa shape index (κ2) is 10.2. The van der Waals surface area contributed by atoms with Crippen molar-refractivity contribution < 1.29 is 26.3 Å². The van der Waals surface area contributed by atoms with Crippen molar-refractivity contribution in [1.29, 1.82) is 5.26 Å². The van der Waals surface area contributed by atoms with Gasteiger partial charge in [0.1, 0.15) is 16.4 Å². The average Bonchev–Trinajstić information content (AvgIpc) is 3.50. The third-order valence-electron chi connectivity index (χ3n) is 7.81. The molecule has 0 saturated heterocycles. The molecule has 0 aliphatic heterocycles. The van der Waals surface area contributed by atoms with E-state index in [1.54, 1.807) is 42.6 Å². The zero-order valence-electron chi connectivity index (χ0n) is 23.0. The summed E-state index contributed by atoms with van der Waals surface area (Å²) in [5, 5.41) is 16.1. The van der Waals surface area contributed by atoms with Gasteiger partial charge in [-0.3, -0.25) is 0 Å². The van der Waals surface area contributed by atoms with E-state index in [2.05, 4.69) is 15.0 Å². The molecule has 0 bridgehead atoms. The molecule has 0 unspecified atom stereocenters. The van der Waals surface area contributed by atoms with Gasteiger partial charge in [-0.25, -0.2) is 9.97 Å². The first-order valence-corrected chi connectivity index (χ1v) is 13.5. The lowest BCUT2D eigenvalue weighted by atomic mass is 10.0. The minimum Gasteiger partial charge on any atom is -0.241 e. The van der Waals surface area contributed by atoms with Crippen LogP contribution in [0.5, 0.6) is 0 Å². The zero-order chi connectivity index (χ0) is 32.4. The number of rotatable bonds is 2. The largest absolute Gasteiger partial charge is 0.416 e. The Labute approximate surface area is 254 Å². The first kappa shape index (κ1) is 28.6. The normalized spacial score (nSPS) is 13.2. The summed E-state index contributed by atoms with van der Waals surface area (Å²) in [7, 11) is 0. The highest BCUT2D eigenvalue weighted by atomic mass is 19.4. The van der Waals surface area contributed by atoms with Gasteiger partial charge in [0, 0.05) is 21.5 Å². The van der Waals surface area contributed by atoms with Crippen molar-refractivity contribution in [3.8, 4) is 28.4 Å². The van der Waals surface area contributed by atoms with Crippen LogP contribution in [0.15, 0.2) is 95.0 Å². The zero-order valence-corrected chi connectivity index (χ0v) is 23.0. The van der Waals surface area contributed by atoms with Crippen LogP contribution in [0, 0.1) is 18.0 Å². The van der Waals surface area contributed by atoms with E-state index in [1.807, 2.05) is 0 Å². The minimum atomic E-state index is -4.48. The fraction of sp³-hybridized carbons (Fsp3) is 0.0588. The number of benzene rings is 4. The molecule has 7 rings (SSSR count). The van der Waals surface area contributed by atoms with Gasteiger partial charge in [-0.05, 0) is 58.7 Å². The maximum atomic E-state index is 13.1. The molecule has 0 radical (unpaired) electrons. The van der Waals surface area contributed by atoms with Gasteiger partial charge in [0.15, 0.2) is 5.36 Å². The quantitative estimate of drug-likeness (QED) is 0.0842. The molecule has 1 aromatic heterocycles. The summed E-state index contributed by atoms with van der Waals surface area (Å²) in [6, 6.07) is 19.7. The van der Waals surface area contributed by atoms with Gasteiger partial charge in [-0.1, -0.05) is 48.5 Å². The Hall–Kier alpha value is -6.14. The van der Waals surface area contributed by atoms with E-state index < -0.39 is 23.5 Å². The highest BCUT2D eigenvalue weighted by molar-refractivity contribution is 6.15. The van der Waals surface area contributed by atoms with Crippen LogP contribution in [0.3, 0.4) is 0 Å². The van der Waals surface area contributed by atoms with E-state index in [4.69, 9.17) is 16.5 Å². The Morgan fingerprint density at radius 2 is 0.978 bits per heavy atom. The molecule has 0 fully saturated rings. The third-order valence-corrected chi connectivity index (χ3v) is 7.81. The first-order chi connectivity index (χ1) is 22.0. The SMILES string of the molecule is [C-]#[N+]/N=c1\c2ccc(-c3ccc(C(F)(F)F)cc3)cc2c2nc3c(=NC#N)c4ccc(-c5ccc(C(F)(F)F)cc5)cc4c3nc12. The Kier molecular flexibility index (Phi) is 6.35. The number of halogens is 6. The van der Waals surface area contributed by atoms with Crippen molar-refractivity contribution in [2.45, 2.75) is 12.4 Å². The number of hydrogen-bond donors (Lipinski definition) is 0. The van der Waals surface area contributed by atoms with Crippen molar-refractivity contribution in [3.05, 3.63) is 118 Å². The summed E-state index contributed by atoms with van der Waals surface area (Å²) in [4.78, 5) is 16.9. The van der Waals surface area contributed by atoms with Gasteiger partial charge >= 0.3 is 12.4 Å². The highest BCUT2D eigenvalue weighted by Crippen LogP contribution is 2.35. The standard InChI is InChI=1S/C34H14F6N6/c1-42-46-30-24-13-7-20(18-4-10-22(11-5-18)34(38,39)40)15-26(24)29-32(30)45-28-25-14-19(17-2-8-21(9-3-17)33(35,36)37)6-12-23(25)27(43-16-41)31(28)44-29/h2-15H/b43-27?,46-30+. The average molecular weight is 621 g/mol. The number of alkyl halides is 6. The predicted molar refractivity (Wildman–Crippen MR) is 159 cm³/mol. The molecular formula is C34H14F6N6. The second-order valence-electron chi connectivity index (χ2n) is 10.4. The molecule has 0 saturated carbocycles. The maximum Gasteiger partial charge on any atom is 0.416 e. The van der Waals surface area contributed by atoms with Crippen LogP contribution in [0.4, 0.5) is 26.3 Å². The summed E-state index contributed by atoms with van der Waals surface area (Å²) in [6.45, 7) is 7.40. The van der Waals surface area contributed by atoms with Crippen LogP contribution >= 0.6 is 0 Å². The van der Waals surface area contributed by atoms with E-state index >= 15 is 0 Å². The van der Waals surface area contributed by atoms with Crippen molar-refractivity contribution in [2.75, 3.05) is 0 Å². The van der Waals surface area contributed by atoms with E-state index in [9.17, 15) is 31.6 Å². The van der Waals surface area contributed by atoms with Gasteiger partial charge in [0.05, 0.1) is 27.3 Å². The van der Waals surface area contributed by atoms with Crippen molar-refractivity contribution >= 4 is 43.6 Å². The molecule has 0 aliphatic rings. The molecule has 0 atom stereocenters. The summed E-state index contributed by atoms with van der Waals surface area (Å²) in [5.74, 6) is 0. The van der Waals surface area contributed by atoms with Crippen LogP contribution in [-0.2, 0) is 12.4 Å². The molecular weight excluding hydrogens is 606 g/mol. The van der Waals surface area contributed by atoms with Crippen LogP contribution in [-0.4, -0.2) is 9.97 Å². The van der Waals surface area contributed by atoms with E-state index in [0.717, 1.165) is 24.3 Å². The summed E-state index contributed by atoms with van der Waals surface area (Å²) in [5.41, 5.74) is 1.97. The number of hydrogen-bond acceptors (Lipinski definition) is 5. The Morgan fingerprint density at radius 3 is 1.39 bits per heavy atom. The second-order valence-corrected chi connectivity index (χ2v) is 10.4. The number of nitrogens with zero attached hydrogens (tertiary/aromatic N) is 6. The number of nitriles is 1. The fourth-order valence-corrected chi connectivity index (χ4v) is 5.67. The molecule has 222 valence electrons. The molecule has 46 heavy (non-hydrogen) atoms. The molecule has 7 aromatic rings. The lowest BCUT2D eigenvalue weighted by Gasteiger charge is -2.08. The molecule has 0 amide bonds. The van der Waals surface area contributed by atoms with Crippen LogP contribution in [0.2, 0.25) is 0 Å².